The van der Waals surface area contributed by atoms with Gasteiger partial charge < -0.3 is 10.1 Å². The van der Waals surface area contributed by atoms with Crippen LogP contribution in [0, 0.1) is 13.8 Å². The molecule has 138 valence electrons. The molecule has 6 heteroatoms. The number of aryl methyl sites for hydroxylation is 2. The van der Waals surface area contributed by atoms with Gasteiger partial charge in [-0.15, -0.1) is 0 Å². The average Bonchev–Trinajstić information content (AvgIpc) is 2.57. The number of hydrogen-bond donors (Lipinski definition) is 2. The van der Waals surface area contributed by atoms with E-state index < -0.39 is 6.03 Å². The number of nitrogens with zero attached hydrogens (tertiary/aromatic N) is 1. The Hall–Kier alpha value is -2.86. The van der Waals surface area contributed by atoms with Crippen LogP contribution in [0.4, 0.5) is 10.5 Å². The van der Waals surface area contributed by atoms with Gasteiger partial charge >= 0.3 is 6.03 Å². The van der Waals surface area contributed by atoms with E-state index in [-0.39, 0.29) is 12.5 Å². The number of rotatable bonds is 6. The minimum absolute atomic E-state index is 0.128. The van der Waals surface area contributed by atoms with Crippen LogP contribution in [-0.4, -0.2) is 37.5 Å². The summed E-state index contributed by atoms with van der Waals surface area (Å²) in [4.78, 5) is 25.8. The zero-order chi connectivity index (χ0) is 19.1. The molecule has 0 aliphatic carbocycles. The summed E-state index contributed by atoms with van der Waals surface area (Å²) in [5.41, 5.74) is 4.14. The molecule has 2 aromatic carbocycles. The number of likely N-dealkylation sites (N-methyl/N-ethyl adjacent to an activating group) is 1. The lowest BCUT2D eigenvalue weighted by Gasteiger charge is -2.18. The highest BCUT2D eigenvalue weighted by Gasteiger charge is 2.12. The van der Waals surface area contributed by atoms with E-state index in [1.807, 2.05) is 11.9 Å². The quantitative estimate of drug-likeness (QED) is 0.835. The smallest absolute Gasteiger partial charge is 0.325 e. The van der Waals surface area contributed by atoms with E-state index in [0.29, 0.717) is 18.0 Å². The van der Waals surface area contributed by atoms with E-state index in [1.54, 1.807) is 31.4 Å². The van der Waals surface area contributed by atoms with Gasteiger partial charge in [0.2, 0.25) is 5.91 Å². The van der Waals surface area contributed by atoms with Gasteiger partial charge in [-0.1, -0.05) is 23.8 Å². The number of benzene rings is 2. The molecule has 2 N–H and O–H groups in total. The van der Waals surface area contributed by atoms with Crippen LogP contribution in [0.2, 0.25) is 0 Å². The summed E-state index contributed by atoms with van der Waals surface area (Å²) in [6.07, 6.45) is 0. The van der Waals surface area contributed by atoms with E-state index in [0.717, 1.165) is 5.56 Å². The zero-order valence-corrected chi connectivity index (χ0v) is 15.6. The lowest BCUT2D eigenvalue weighted by atomic mass is 10.1. The molecule has 0 spiro atoms. The maximum absolute atomic E-state index is 12.1. The second-order valence-electron chi connectivity index (χ2n) is 6.33. The molecule has 0 atom stereocenters. The first-order valence-electron chi connectivity index (χ1n) is 8.37. The third-order valence-corrected chi connectivity index (χ3v) is 3.95. The predicted octanol–water partition coefficient (Wildman–Crippen LogP) is 3.09. The molecule has 0 radical (unpaired) electrons. The van der Waals surface area contributed by atoms with Crippen molar-refractivity contribution >= 4 is 17.6 Å². The number of nitrogens with one attached hydrogen (secondary N) is 2. The average molecular weight is 355 g/mol. The predicted molar refractivity (Wildman–Crippen MR) is 102 cm³/mol. The summed E-state index contributed by atoms with van der Waals surface area (Å²) in [6.45, 7) is 4.87. The summed E-state index contributed by atoms with van der Waals surface area (Å²) in [5.74, 6) is 0.336. The molecule has 0 saturated heterocycles. The Morgan fingerprint density at radius 3 is 2.38 bits per heavy atom. The van der Waals surface area contributed by atoms with E-state index in [1.165, 1.54) is 11.1 Å². The summed E-state index contributed by atoms with van der Waals surface area (Å²) >= 11 is 0. The van der Waals surface area contributed by atoms with Crippen molar-refractivity contribution in [3.8, 4) is 5.75 Å². The van der Waals surface area contributed by atoms with Crippen molar-refractivity contribution < 1.29 is 14.3 Å². The first kappa shape index (κ1) is 19.5. The number of carbonyl (C=O) groups is 2. The number of anilines is 1. The van der Waals surface area contributed by atoms with Crippen LogP contribution in [0.1, 0.15) is 16.7 Å². The number of amides is 3. The van der Waals surface area contributed by atoms with Crippen molar-refractivity contribution in [3.63, 3.8) is 0 Å². The fourth-order valence-electron chi connectivity index (χ4n) is 2.62. The van der Waals surface area contributed by atoms with Crippen LogP contribution in [0.25, 0.3) is 0 Å². The van der Waals surface area contributed by atoms with Crippen LogP contribution in [0.5, 0.6) is 5.75 Å². The molecule has 0 unspecified atom stereocenters. The molecule has 26 heavy (non-hydrogen) atoms. The normalized spacial score (nSPS) is 10.5. The summed E-state index contributed by atoms with van der Waals surface area (Å²) in [5, 5.41) is 4.95. The number of methoxy groups -OCH3 is 1. The van der Waals surface area contributed by atoms with Crippen LogP contribution >= 0.6 is 0 Å². The Labute approximate surface area is 154 Å². The van der Waals surface area contributed by atoms with Crippen molar-refractivity contribution in [1.29, 1.82) is 0 Å². The van der Waals surface area contributed by atoms with Gasteiger partial charge in [0.15, 0.2) is 0 Å². The van der Waals surface area contributed by atoms with Crippen LogP contribution in [0.3, 0.4) is 0 Å². The molecule has 0 saturated carbocycles. The number of urea groups is 1. The Morgan fingerprint density at radius 1 is 1.08 bits per heavy atom. The van der Waals surface area contributed by atoms with E-state index in [4.69, 9.17) is 4.74 Å². The first-order valence-corrected chi connectivity index (χ1v) is 8.37. The molecular weight excluding hydrogens is 330 g/mol. The third kappa shape index (κ3) is 5.89. The lowest BCUT2D eigenvalue weighted by Crippen LogP contribution is -2.40. The minimum atomic E-state index is -0.555. The molecule has 2 aromatic rings. The third-order valence-electron chi connectivity index (χ3n) is 3.95. The molecular formula is C20H25N3O3. The van der Waals surface area contributed by atoms with Gasteiger partial charge in [0, 0.05) is 12.2 Å². The van der Waals surface area contributed by atoms with Crippen LogP contribution in [-0.2, 0) is 11.3 Å². The summed E-state index contributed by atoms with van der Waals surface area (Å²) in [7, 11) is 3.42. The molecule has 2 rings (SSSR count). The van der Waals surface area contributed by atoms with E-state index >= 15 is 0 Å². The van der Waals surface area contributed by atoms with Crippen LogP contribution < -0.4 is 15.4 Å². The fourth-order valence-corrected chi connectivity index (χ4v) is 2.62. The van der Waals surface area contributed by atoms with Gasteiger partial charge in [-0.25, -0.2) is 4.79 Å². The molecule has 0 aliphatic rings. The highest BCUT2D eigenvalue weighted by molar-refractivity contribution is 6.01. The van der Waals surface area contributed by atoms with Crippen LogP contribution in [0.15, 0.2) is 42.5 Å². The number of imide groups is 1. The zero-order valence-electron chi connectivity index (χ0n) is 15.6. The second kappa shape index (κ2) is 9.01. The second-order valence-corrected chi connectivity index (χ2v) is 6.33. The summed E-state index contributed by atoms with van der Waals surface area (Å²) < 4.78 is 5.06. The Balaban J connectivity index is 1.81. The summed E-state index contributed by atoms with van der Waals surface area (Å²) in [6, 6.07) is 12.5. The largest absolute Gasteiger partial charge is 0.497 e. The van der Waals surface area contributed by atoms with Gasteiger partial charge in [0.1, 0.15) is 5.75 Å². The Morgan fingerprint density at radius 2 is 1.77 bits per heavy atom. The molecule has 0 fully saturated rings. The molecule has 0 bridgehead atoms. The van der Waals surface area contributed by atoms with E-state index in [2.05, 4.69) is 42.7 Å². The van der Waals surface area contributed by atoms with Crippen molar-refractivity contribution in [1.82, 2.24) is 10.2 Å². The SMILES string of the molecule is COc1ccc(NC(=O)NC(=O)CN(C)Cc2ccc(C)cc2C)cc1. The molecule has 0 aromatic heterocycles. The van der Waals surface area contributed by atoms with Crippen molar-refractivity contribution in [2.45, 2.75) is 20.4 Å². The monoisotopic (exact) mass is 355 g/mol. The first-order chi connectivity index (χ1) is 12.4. The van der Waals surface area contributed by atoms with Gasteiger partial charge in [0.05, 0.1) is 13.7 Å². The minimum Gasteiger partial charge on any atom is -0.497 e. The molecule has 3 amide bonds. The molecule has 6 nitrogen and oxygen atoms in total. The fraction of sp³-hybridized carbons (Fsp3) is 0.300. The van der Waals surface area contributed by atoms with Gasteiger partial charge in [0.25, 0.3) is 0 Å². The lowest BCUT2D eigenvalue weighted by molar-refractivity contribution is -0.120. The number of hydrogen-bond acceptors (Lipinski definition) is 4. The van der Waals surface area contributed by atoms with E-state index in [9.17, 15) is 9.59 Å². The number of ether oxygens (including phenoxy) is 1. The maximum atomic E-state index is 12.1. The topological polar surface area (TPSA) is 70.7 Å². The van der Waals surface area contributed by atoms with Gasteiger partial charge in [-0.3, -0.25) is 15.0 Å². The van der Waals surface area contributed by atoms with Gasteiger partial charge in [-0.05, 0) is 56.3 Å². The standard InChI is InChI=1S/C20H25N3O3/c1-14-5-6-16(15(2)11-14)12-23(3)13-19(24)22-20(25)21-17-7-9-18(26-4)10-8-17/h5-11H,12-13H2,1-4H3,(H2,21,22,24,25). The number of carbonyl (C=O) groups excluding carboxylic acids is 2. The Bertz CT molecular complexity index is 772. The Kier molecular flexibility index (Phi) is 6.74. The van der Waals surface area contributed by atoms with Crippen molar-refractivity contribution in [2.24, 2.45) is 0 Å². The highest BCUT2D eigenvalue weighted by atomic mass is 16.5. The molecule has 0 aliphatic heterocycles. The molecule has 0 heterocycles. The highest BCUT2D eigenvalue weighted by Crippen LogP contribution is 2.15. The maximum Gasteiger partial charge on any atom is 0.325 e. The van der Waals surface area contributed by atoms with Gasteiger partial charge in [-0.2, -0.15) is 0 Å². The van der Waals surface area contributed by atoms with Crippen molar-refractivity contribution in [2.75, 3.05) is 26.0 Å². The van der Waals surface area contributed by atoms with Crippen molar-refractivity contribution in [3.05, 3.63) is 59.2 Å².